The number of hydrogen-bond acceptors (Lipinski definition) is 5. The molecular formula is C9H17N3O2S2. The smallest absolute Gasteiger partial charge is 0.215 e. The van der Waals surface area contributed by atoms with Crippen LogP contribution in [-0.2, 0) is 28.7 Å². The highest BCUT2D eigenvalue weighted by atomic mass is 32.2. The number of rotatable bonds is 5. The summed E-state index contributed by atoms with van der Waals surface area (Å²) in [4.78, 5) is 5.24. The van der Waals surface area contributed by atoms with Crippen molar-refractivity contribution in [1.29, 1.82) is 0 Å². The van der Waals surface area contributed by atoms with Gasteiger partial charge in [0.15, 0.2) is 0 Å². The molecule has 92 valence electrons. The van der Waals surface area contributed by atoms with Crippen molar-refractivity contribution >= 4 is 21.4 Å². The van der Waals surface area contributed by atoms with Crippen LogP contribution in [0.1, 0.15) is 29.4 Å². The molecule has 16 heavy (non-hydrogen) atoms. The molecule has 0 aliphatic rings. The summed E-state index contributed by atoms with van der Waals surface area (Å²) in [7, 11) is -3.51. The minimum atomic E-state index is -3.51. The van der Waals surface area contributed by atoms with E-state index in [1.54, 1.807) is 0 Å². The third-order valence-electron chi connectivity index (χ3n) is 1.93. The van der Waals surface area contributed by atoms with E-state index >= 15 is 0 Å². The van der Waals surface area contributed by atoms with Gasteiger partial charge in [-0.25, -0.2) is 18.5 Å². The fraction of sp³-hybridized carbons (Fsp3) is 0.667. The normalized spacial score (nSPS) is 12.3. The van der Waals surface area contributed by atoms with Gasteiger partial charge in [0, 0.05) is 11.4 Å². The summed E-state index contributed by atoms with van der Waals surface area (Å²) in [6, 6.07) is 0. The topological polar surface area (TPSA) is 99.1 Å². The maximum atomic E-state index is 10.9. The van der Waals surface area contributed by atoms with E-state index in [4.69, 9.17) is 10.9 Å². The molecule has 0 unspecified atom stereocenters. The Labute approximate surface area is 99.9 Å². The highest BCUT2D eigenvalue weighted by molar-refractivity contribution is 7.88. The predicted molar refractivity (Wildman–Crippen MR) is 65.4 cm³/mol. The number of hydrogen-bond donors (Lipinski definition) is 2. The Morgan fingerprint density at radius 3 is 2.50 bits per heavy atom. The summed E-state index contributed by atoms with van der Waals surface area (Å²) in [5, 5.41) is 5.50. The van der Waals surface area contributed by atoms with Crippen molar-refractivity contribution in [1.82, 2.24) is 4.98 Å². The van der Waals surface area contributed by atoms with Gasteiger partial charge in [0.25, 0.3) is 0 Å². The third-order valence-corrected chi connectivity index (χ3v) is 3.91. The number of nitrogens with zero attached hydrogens (tertiary/aromatic N) is 1. The van der Waals surface area contributed by atoms with E-state index < -0.39 is 10.0 Å². The van der Waals surface area contributed by atoms with Crippen molar-refractivity contribution in [2.75, 3.05) is 0 Å². The molecule has 7 heteroatoms. The van der Waals surface area contributed by atoms with Gasteiger partial charge in [-0.05, 0) is 12.3 Å². The average Bonchev–Trinajstić information content (AvgIpc) is 2.42. The molecule has 0 spiro atoms. The molecule has 0 fully saturated rings. The van der Waals surface area contributed by atoms with E-state index in [9.17, 15) is 8.42 Å². The van der Waals surface area contributed by atoms with Gasteiger partial charge in [0.2, 0.25) is 10.0 Å². The first-order valence-electron chi connectivity index (χ1n) is 5.00. The van der Waals surface area contributed by atoms with Gasteiger partial charge in [0.05, 0.1) is 5.69 Å². The lowest BCUT2D eigenvalue weighted by molar-refractivity contribution is 0.596. The minimum absolute atomic E-state index is 0.206. The van der Waals surface area contributed by atoms with E-state index in [0.717, 1.165) is 17.0 Å². The Balaban J connectivity index is 2.94. The first kappa shape index (κ1) is 13.6. The monoisotopic (exact) mass is 263 g/mol. The Morgan fingerprint density at radius 1 is 1.44 bits per heavy atom. The maximum absolute atomic E-state index is 10.9. The zero-order valence-corrected chi connectivity index (χ0v) is 11.1. The Kier molecular flexibility index (Phi) is 4.43. The number of primary sulfonamides is 1. The molecule has 4 N–H and O–H groups in total. The van der Waals surface area contributed by atoms with Gasteiger partial charge in [0.1, 0.15) is 10.8 Å². The Hall–Kier alpha value is -0.500. The molecule has 5 nitrogen and oxygen atoms in total. The van der Waals surface area contributed by atoms with E-state index in [2.05, 4.69) is 18.8 Å². The highest BCUT2D eigenvalue weighted by Gasteiger charge is 2.14. The fourth-order valence-electron chi connectivity index (χ4n) is 1.38. The molecule has 0 atom stereocenters. The first-order chi connectivity index (χ1) is 7.31. The standard InChI is InChI=1S/C9H17N3O2S2/c1-6(2)3-7-8(4-10)15-9(12-7)5-16(11,13)14/h6H,3-5,10H2,1-2H3,(H2,11,13,14). The van der Waals surface area contributed by atoms with Crippen molar-refractivity contribution in [3.63, 3.8) is 0 Å². The lowest BCUT2D eigenvalue weighted by Gasteiger charge is -2.02. The van der Waals surface area contributed by atoms with E-state index in [0.29, 0.717) is 17.5 Å². The van der Waals surface area contributed by atoms with Crippen LogP contribution < -0.4 is 10.9 Å². The lowest BCUT2D eigenvalue weighted by atomic mass is 10.1. The quantitative estimate of drug-likeness (QED) is 0.812. The Morgan fingerprint density at radius 2 is 2.06 bits per heavy atom. The summed E-state index contributed by atoms with van der Waals surface area (Å²) in [5.74, 6) is 0.262. The van der Waals surface area contributed by atoms with Gasteiger partial charge in [-0.15, -0.1) is 11.3 Å². The zero-order chi connectivity index (χ0) is 12.3. The van der Waals surface area contributed by atoms with Crippen molar-refractivity contribution in [2.24, 2.45) is 16.8 Å². The molecule has 0 aliphatic carbocycles. The number of thiazole rings is 1. The van der Waals surface area contributed by atoms with Gasteiger partial charge in [-0.1, -0.05) is 13.8 Å². The summed E-state index contributed by atoms with van der Waals surface area (Å²) < 4.78 is 21.9. The van der Waals surface area contributed by atoms with Gasteiger partial charge >= 0.3 is 0 Å². The lowest BCUT2D eigenvalue weighted by Crippen LogP contribution is -2.14. The van der Waals surface area contributed by atoms with Gasteiger partial charge in [-0.3, -0.25) is 0 Å². The fourth-order valence-corrected chi connectivity index (χ4v) is 3.28. The van der Waals surface area contributed by atoms with Gasteiger partial charge in [-0.2, -0.15) is 0 Å². The molecular weight excluding hydrogens is 246 g/mol. The molecule has 0 amide bonds. The van der Waals surface area contributed by atoms with Gasteiger partial charge < -0.3 is 5.73 Å². The molecule has 0 aliphatic heterocycles. The SMILES string of the molecule is CC(C)Cc1nc(CS(N)(=O)=O)sc1CN. The zero-order valence-electron chi connectivity index (χ0n) is 9.43. The highest BCUT2D eigenvalue weighted by Crippen LogP contribution is 2.22. The molecule has 0 saturated heterocycles. The third kappa shape index (κ3) is 4.17. The molecule has 0 aromatic carbocycles. The number of aromatic nitrogens is 1. The molecule has 1 rings (SSSR count). The van der Waals surface area contributed by atoms with Crippen LogP contribution in [0.5, 0.6) is 0 Å². The van der Waals surface area contributed by atoms with Crippen molar-refractivity contribution in [3.8, 4) is 0 Å². The second-order valence-corrected chi connectivity index (χ2v) is 6.87. The van der Waals surface area contributed by atoms with Crippen LogP contribution >= 0.6 is 11.3 Å². The van der Waals surface area contributed by atoms with Crippen LogP contribution in [0.15, 0.2) is 0 Å². The molecule has 1 heterocycles. The molecule has 0 radical (unpaired) electrons. The average molecular weight is 263 g/mol. The molecule has 1 aromatic rings. The van der Waals surface area contributed by atoms with Crippen LogP contribution in [0.3, 0.4) is 0 Å². The number of nitrogens with two attached hydrogens (primary N) is 2. The van der Waals surface area contributed by atoms with Crippen LogP contribution in [0.4, 0.5) is 0 Å². The van der Waals surface area contributed by atoms with Crippen molar-refractivity contribution in [2.45, 2.75) is 32.6 Å². The van der Waals surface area contributed by atoms with Crippen LogP contribution in [0, 0.1) is 5.92 Å². The number of sulfonamides is 1. The van der Waals surface area contributed by atoms with E-state index in [1.165, 1.54) is 11.3 Å². The molecule has 0 bridgehead atoms. The first-order valence-corrected chi connectivity index (χ1v) is 7.53. The summed E-state index contributed by atoms with van der Waals surface area (Å²) in [6.45, 7) is 4.56. The van der Waals surface area contributed by atoms with Crippen LogP contribution in [-0.4, -0.2) is 13.4 Å². The van der Waals surface area contributed by atoms with Crippen LogP contribution in [0.2, 0.25) is 0 Å². The maximum Gasteiger partial charge on any atom is 0.215 e. The Bertz CT molecular complexity index is 451. The molecule has 0 saturated carbocycles. The van der Waals surface area contributed by atoms with E-state index in [-0.39, 0.29) is 5.75 Å². The van der Waals surface area contributed by atoms with E-state index in [1.807, 2.05) is 0 Å². The minimum Gasteiger partial charge on any atom is -0.326 e. The van der Waals surface area contributed by atoms with Crippen molar-refractivity contribution < 1.29 is 8.42 Å². The summed E-state index contributed by atoms with van der Waals surface area (Å²) in [6.07, 6.45) is 0.813. The second kappa shape index (κ2) is 5.22. The second-order valence-electron chi connectivity index (χ2n) is 4.09. The largest absolute Gasteiger partial charge is 0.326 e. The molecule has 1 aromatic heterocycles. The predicted octanol–water partition coefficient (Wildman–Crippen LogP) is 0.589. The summed E-state index contributed by atoms with van der Waals surface area (Å²) in [5.41, 5.74) is 6.50. The van der Waals surface area contributed by atoms with Crippen molar-refractivity contribution in [3.05, 3.63) is 15.6 Å². The summed E-state index contributed by atoms with van der Waals surface area (Å²) >= 11 is 1.33. The van der Waals surface area contributed by atoms with Crippen LogP contribution in [0.25, 0.3) is 0 Å².